The highest BCUT2D eigenvalue weighted by Crippen LogP contribution is 2.27. The van der Waals surface area contributed by atoms with Gasteiger partial charge in [-0.15, -0.1) is 0 Å². The SMILES string of the molecule is COc1ccc(F)cc1S(=O)(=O)NCCn1ccc(C(F)(F)F)n1. The zero-order chi connectivity index (χ0) is 18.0. The second-order valence-electron chi connectivity index (χ2n) is 4.65. The van der Waals surface area contributed by atoms with Crippen molar-refractivity contribution in [2.24, 2.45) is 0 Å². The molecule has 2 rings (SSSR count). The number of benzene rings is 1. The third-order valence-electron chi connectivity index (χ3n) is 2.98. The van der Waals surface area contributed by atoms with Gasteiger partial charge in [-0.1, -0.05) is 0 Å². The van der Waals surface area contributed by atoms with Crippen molar-refractivity contribution in [3.8, 4) is 5.75 Å². The van der Waals surface area contributed by atoms with Crippen molar-refractivity contribution in [2.75, 3.05) is 13.7 Å². The van der Waals surface area contributed by atoms with Crippen molar-refractivity contribution in [2.45, 2.75) is 17.6 Å². The van der Waals surface area contributed by atoms with E-state index < -0.39 is 32.6 Å². The van der Waals surface area contributed by atoms with Crippen LogP contribution in [0.2, 0.25) is 0 Å². The van der Waals surface area contributed by atoms with E-state index in [1.807, 2.05) is 0 Å². The third-order valence-corrected chi connectivity index (χ3v) is 4.46. The normalized spacial score (nSPS) is 12.4. The predicted molar refractivity (Wildman–Crippen MR) is 75.4 cm³/mol. The number of halogens is 4. The van der Waals surface area contributed by atoms with Crippen LogP contribution in [0.3, 0.4) is 0 Å². The van der Waals surface area contributed by atoms with Gasteiger partial charge in [-0.2, -0.15) is 18.3 Å². The smallest absolute Gasteiger partial charge is 0.435 e. The van der Waals surface area contributed by atoms with Crippen LogP contribution in [-0.2, 0) is 22.7 Å². The van der Waals surface area contributed by atoms with E-state index in [0.29, 0.717) is 0 Å². The molecule has 0 saturated carbocycles. The summed E-state index contributed by atoms with van der Waals surface area (Å²) in [6.45, 7) is -0.367. The molecule has 0 saturated heterocycles. The number of ether oxygens (including phenoxy) is 1. The molecule has 0 bridgehead atoms. The molecule has 1 aromatic carbocycles. The number of alkyl halides is 3. The first kappa shape index (κ1) is 18.2. The van der Waals surface area contributed by atoms with Crippen LogP contribution in [-0.4, -0.2) is 31.9 Å². The van der Waals surface area contributed by atoms with Gasteiger partial charge in [0.05, 0.1) is 13.7 Å². The van der Waals surface area contributed by atoms with Crippen molar-refractivity contribution in [1.29, 1.82) is 0 Å². The Bertz CT molecular complexity index is 818. The molecule has 1 aromatic heterocycles. The molecule has 132 valence electrons. The molecule has 0 aliphatic heterocycles. The lowest BCUT2D eigenvalue weighted by Crippen LogP contribution is -2.28. The number of nitrogens with zero attached hydrogens (tertiary/aromatic N) is 2. The minimum absolute atomic E-state index is 0.0534. The molecule has 0 aliphatic rings. The standard InChI is InChI=1S/C13H13F4N3O3S/c1-23-10-3-2-9(14)8-11(10)24(21,22)18-5-7-20-6-4-12(19-20)13(15,16)17/h2-4,6,8,18H,5,7H2,1H3. The van der Waals surface area contributed by atoms with Gasteiger partial charge in [-0.3, -0.25) is 4.68 Å². The molecule has 0 unspecified atom stereocenters. The first-order valence-electron chi connectivity index (χ1n) is 6.57. The van der Waals surface area contributed by atoms with Crippen LogP contribution in [0.1, 0.15) is 5.69 Å². The Balaban J connectivity index is 2.06. The van der Waals surface area contributed by atoms with E-state index in [1.54, 1.807) is 0 Å². The van der Waals surface area contributed by atoms with Gasteiger partial charge < -0.3 is 4.74 Å². The first-order chi connectivity index (χ1) is 11.1. The van der Waals surface area contributed by atoms with Gasteiger partial charge in [0.25, 0.3) is 0 Å². The molecule has 0 fully saturated rings. The van der Waals surface area contributed by atoms with Crippen LogP contribution < -0.4 is 9.46 Å². The van der Waals surface area contributed by atoms with Gasteiger partial charge in [0, 0.05) is 12.7 Å². The predicted octanol–water partition coefficient (Wildman–Crippen LogP) is 2.03. The van der Waals surface area contributed by atoms with Crippen LogP contribution in [0, 0.1) is 5.82 Å². The highest BCUT2D eigenvalue weighted by molar-refractivity contribution is 7.89. The molecule has 1 heterocycles. The summed E-state index contributed by atoms with van der Waals surface area (Å²) < 4.78 is 82.8. The minimum atomic E-state index is -4.57. The average Bonchev–Trinajstić information content (AvgIpc) is 2.96. The molecule has 24 heavy (non-hydrogen) atoms. The molecular weight excluding hydrogens is 354 g/mol. The van der Waals surface area contributed by atoms with E-state index in [-0.39, 0.29) is 18.8 Å². The number of nitrogens with one attached hydrogen (secondary N) is 1. The fourth-order valence-corrected chi connectivity index (χ4v) is 3.07. The van der Waals surface area contributed by atoms with Crippen molar-refractivity contribution < 1.29 is 30.7 Å². The Kier molecular flexibility index (Phi) is 5.13. The van der Waals surface area contributed by atoms with Gasteiger partial charge >= 0.3 is 6.18 Å². The van der Waals surface area contributed by atoms with Crippen LogP contribution in [0.25, 0.3) is 0 Å². The van der Waals surface area contributed by atoms with E-state index >= 15 is 0 Å². The number of sulfonamides is 1. The van der Waals surface area contributed by atoms with Crippen LogP contribution >= 0.6 is 0 Å². The second kappa shape index (κ2) is 6.77. The zero-order valence-corrected chi connectivity index (χ0v) is 13.2. The van der Waals surface area contributed by atoms with Crippen LogP contribution in [0.5, 0.6) is 5.75 Å². The molecule has 6 nitrogen and oxygen atoms in total. The summed E-state index contributed by atoms with van der Waals surface area (Å²) >= 11 is 0. The van der Waals surface area contributed by atoms with Gasteiger partial charge in [-0.25, -0.2) is 17.5 Å². The Morgan fingerprint density at radius 2 is 2.00 bits per heavy atom. The molecule has 11 heteroatoms. The lowest BCUT2D eigenvalue weighted by molar-refractivity contribution is -0.141. The summed E-state index contributed by atoms with van der Waals surface area (Å²) in [6.07, 6.45) is -3.49. The van der Waals surface area contributed by atoms with E-state index in [4.69, 9.17) is 4.74 Å². The monoisotopic (exact) mass is 367 g/mol. The quantitative estimate of drug-likeness (QED) is 0.793. The number of methoxy groups -OCH3 is 1. The third kappa shape index (κ3) is 4.23. The Morgan fingerprint density at radius 1 is 1.29 bits per heavy atom. The Morgan fingerprint density at radius 3 is 2.58 bits per heavy atom. The van der Waals surface area contributed by atoms with Gasteiger partial charge in [0.2, 0.25) is 10.0 Å². The van der Waals surface area contributed by atoms with Crippen LogP contribution in [0.15, 0.2) is 35.4 Å². The number of rotatable bonds is 6. The minimum Gasteiger partial charge on any atom is -0.495 e. The average molecular weight is 367 g/mol. The summed E-state index contributed by atoms with van der Waals surface area (Å²) in [5, 5.41) is 3.29. The summed E-state index contributed by atoms with van der Waals surface area (Å²) in [4.78, 5) is -0.401. The van der Waals surface area contributed by atoms with E-state index in [2.05, 4.69) is 9.82 Å². The molecule has 0 amide bonds. The number of hydrogen-bond donors (Lipinski definition) is 1. The first-order valence-corrected chi connectivity index (χ1v) is 8.05. The second-order valence-corrected chi connectivity index (χ2v) is 6.39. The van der Waals surface area contributed by atoms with Crippen molar-refractivity contribution in [1.82, 2.24) is 14.5 Å². The summed E-state index contributed by atoms with van der Waals surface area (Å²) in [5.74, 6) is -0.819. The molecule has 0 aliphatic carbocycles. The molecular formula is C13H13F4N3O3S. The largest absolute Gasteiger partial charge is 0.495 e. The van der Waals surface area contributed by atoms with E-state index in [9.17, 15) is 26.0 Å². The lowest BCUT2D eigenvalue weighted by Gasteiger charge is -2.11. The highest BCUT2D eigenvalue weighted by atomic mass is 32.2. The maximum atomic E-state index is 13.2. The van der Waals surface area contributed by atoms with Crippen molar-refractivity contribution >= 4 is 10.0 Å². The molecule has 0 radical (unpaired) electrons. The maximum absolute atomic E-state index is 13.2. The highest BCUT2D eigenvalue weighted by Gasteiger charge is 2.33. The zero-order valence-electron chi connectivity index (χ0n) is 12.3. The van der Waals surface area contributed by atoms with Crippen molar-refractivity contribution in [3.63, 3.8) is 0 Å². The molecule has 0 spiro atoms. The fourth-order valence-electron chi connectivity index (χ4n) is 1.87. The number of hydrogen-bond acceptors (Lipinski definition) is 4. The van der Waals surface area contributed by atoms with E-state index in [0.717, 1.165) is 35.1 Å². The van der Waals surface area contributed by atoms with Crippen molar-refractivity contribution in [3.05, 3.63) is 42.0 Å². The Hall–Kier alpha value is -2.14. The molecule has 0 atom stereocenters. The fraction of sp³-hybridized carbons (Fsp3) is 0.308. The summed E-state index contributed by atoms with van der Waals surface area (Å²) in [5.41, 5.74) is -1.07. The van der Waals surface area contributed by atoms with E-state index in [1.165, 1.54) is 7.11 Å². The van der Waals surface area contributed by atoms with Gasteiger partial charge in [-0.05, 0) is 24.3 Å². The topological polar surface area (TPSA) is 73.2 Å². The lowest BCUT2D eigenvalue weighted by atomic mass is 10.3. The summed E-state index contributed by atoms with van der Waals surface area (Å²) in [6, 6.07) is 3.77. The maximum Gasteiger partial charge on any atom is 0.435 e. The molecule has 1 N–H and O–H groups in total. The van der Waals surface area contributed by atoms with Gasteiger partial charge in [0.1, 0.15) is 16.5 Å². The number of aromatic nitrogens is 2. The molecule has 2 aromatic rings. The van der Waals surface area contributed by atoms with Crippen LogP contribution in [0.4, 0.5) is 17.6 Å². The summed E-state index contributed by atoms with van der Waals surface area (Å²) in [7, 11) is -2.86. The van der Waals surface area contributed by atoms with Gasteiger partial charge in [0.15, 0.2) is 5.69 Å². The Labute approximate surface area is 135 Å².